The molecule has 0 radical (unpaired) electrons. The highest BCUT2D eigenvalue weighted by molar-refractivity contribution is 7.89. The maximum Gasteiger partial charge on any atom is 0.310 e. The van der Waals surface area contributed by atoms with Crippen LogP contribution in [0.15, 0.2) is 84.9 Å². The van der Waals surface area contributed by atoms with Crippen LogP contribution >= 0.6 is 0 Å². The van der Waals surface area contributed by atoms with Crippen molar-refractivity contribution < 1.29 is 18.8 Å². The number of aromatic nitrogens is 3. The van der Waals surface area contributed by atoms with Gasteiger partial charge in [-0.3, -0.25) is 4.79 Å². The van der Waals surface area contributed by atoms with Crippen molar-refractivity contribution in [1.29, 1.82) is 0 Å². The highest BCUT2D eigenvalue weighted by Gasteiger charge is 2.29. The summed E-state index contributed by atoms with van der Waals surface area (Å²) < 4.78 is 28.0. The molecule has 2 saturated heterocycles. The number of carbonyl (C=O) groups excluding carboxylic acids is 1. The highest BCUT2D eigenvalue weighted by atomic mass is 32.2. The van der Waals surface area contributed by atoms with Crippen molar-refractivity contribution in [2.45, 2.75) is 32.5 Å². The van der Waals surface area contributed by atoms with Crippen molar-refractivity contribution in [3.63, 3.8) is 0 Å². The predicted molar refractivity (Wildman–Crippen MR) is 190 cm³/mol. The Kier molecular flexibility index (Phi) is 9.36. The fraction of sp³-hybridized carbons (Fsp3) is 0.324. The van der Waals surface area contributed by atoms with E-state index in [0.29, 0.717) is 25.5 Å². The monoisotopic (exact) mass is 664 g/mol. The molecule has 248 valence electrons. The van der Waals surface area contributed by atoms with E-state index in [-0.39, 0.29) is 17.7 Å². The van der Waals surface area contributed by atoms with Gasteiger partial charge in [-0.1, -0.05) is 62.4 Å². The van der Waals surface area contributed by atoms with E-state index in [2.05, 4.69) is 76.9 Å². The van der Waals surface area contributed by atoms with Crippen LogP contribution < -0.4 is 14.5 Å². The smallest absolute Gasteiger partial charge is 0.310 e. The number of hydrogen-bond donors (Lipinski definition) is 1. The van der Waals surface area contributed by atoms with Gasteiger partial charge in [0.1, 0.15) is 11.9 Å². The first-order valence-corrected chi connectivity index (χ1v) is 17.9. The summed E-state index contributed by atoms with van der Waals surface area (Å²) in [5.41, 5.74) is 7.65. The van der Waals surface area contributed by atoms with E-state index in [0.717, 1.165) is 65.4 Å². The lowest BCUT2D eigenvalue weighted by molar-refractivity contribution is 0.0224. The summed E-state index contributed by atoms with van der Waals surface area (Å²) in [5.74, 6) is -0.413. The van der Waals surface area contributed by atoms with Crippen LogP contribution in [0.3, 0.4) is 0 Å². The molecule has 5 aromatic rings. The largest absolute Gasteiger partial charge is 0.593 e. The fourth-order valence-electron chi connectivity index (χ4n) is 6.29. The third-order valence-corrected chi connectivity index (χ3v) is 9.32. The van der Waals surface area contributed by atoms with E-state index in [9.17, 15) is 9.35 Å². The topological polar surface area (TPSA) is 108 Å². The summed E-state index contributed by atoms with van der Waals surface area (Å²) in [6, 6.07) is 28.6. The van der Waals surface area contributed by atoms with Gasteiger partial charge in [0.25, 0.3) is 0 Å². The minimum Gasteiger partial charge on any atom is -0.593 e. The second kappa shape index (κ2) is 14.0. The predicted octanol–water partition coefficient (Wildman–Crippen LogP) is 5.48. The Bertz CT molecular complexity index is 1880. The van der Waals surface area contributed by atoms with Gasteiger partial charge < -0.3 is 23.8 Å². The third-order valence-electron chi connectivity index (χ3n) is 8.85. The first-order chi connectivity index (χ1) is 23.3. The van der Waals surface area contributed by atoms with E-state index >= 15 is 0 Å². The standard InChI is InChI=1S/C37H40N6O4S/c1-25(2)35-34-32(27-12-14-28(15-13-27)41-16-18-46-19-17-41)21-33(37(44)40-48(3)45)38-36(34)43(39-35)30-11-7-10-29(20-30)42-22-31(23-42)47-24-26-8-5-4-6-9-26/h4-15,20-21,25,31H,16-19,22-24H2,1-3H3,(H,40,44). The van der Waals surface area contributed by atoms with Gasteiger partial charge in [-0.15, -0.1) is 0 Å². The Labute approximate surface area is 284 Å². The molecule has 0 saturated carbocycles. The van der Waals surface area contributed by atoms with E-state index < -0.39 is 17.3 Å². The SMILES string of the molecule is CC(C)c1nn(-c2cccc(N3CC(OCc4ccccc4)C3)c2)c2nc(C(=O)N[S+](C)[O-])cc(-c3ccc(N4CCOCC4)cc3)c12. The molecule has 1 unspecified atom stereocenters. The lowest BCUT2D eigenvalue weighted by Crippen LogP contribution is -2.52. The number of hydrogen-bond acceptors (Lipinski definition) is 8. The first kappa shape index (κ1) is 32.1. The van der Waals surface area contributed by atoms with E-state index in [1.807, 2.05) is 35.0 Å². The lowest BCUT2D eigenvalue weighted by Gasteiger charge is -2.40. The molecule has 4 heterocycles. The molecule has 0 aliphatic carbocycles. The number of anilines is 2. The Hall–Kier alpha value is -4.42. The van der Waals surface area contributed by atoms with Crippen molar-refractivity contribution in [2.75, 3.05) is 55.4 Å². The number of pyridine rings is 1. The van der Waals surface area contributed by atoms with E-state index in [1.165, 1.54) is 11.8 Å². The van der Waals surface area contributed by atoms with Crippen LogP contribution in [0.4, 0.5) is 11.4 Å². The van der Waals surface area contributed by atoms with Crippen molar-refractivity contribution in [1.82, 2.24) is 19.5 Å². The first-order valence-electron chi connectivity index (χ1n) is 16.4. The van der Waals surface area contributed by atoms with Gasteiger partial charge in [0.2, 0.25) is 0 Å². The zero-order valence-corrected chi connectivity index (χ0v) is 28.3. The van der Waals surface area contributed by atoms with Crippen molar-refractivity contribution in [2.24, 2.45) is 0 Å². The summed E-state index contributed by atoms with van der Waals surface area (Å²) in [4.78, 5) is 22.7. The van der Waals surface area contributed by atoms with Crippen LogP contribution in [0, 0.1) is 0 Å². The maximum absolute atomic E-state index is 13.3. The molecule has 2 aliphatic rings. The van der Waals surface area contributed by atoms with Gasteiger partial charge in [0, 0.05) is 37.6 Å². The molecule has 2 aliphatic heterocycles. The number of fused-ring (bicyclic) bond motifs is 1. The summed E-state index contributed by atoms with van der Waals surface area (Å²) in [7, 11) is 0. The Balaban J connectivity index is 1.24. The van der Waals surface area contributed by atoms with Gasteiger partial charge in [0.15, 0.2) is 5.65 Å². The minimum atomic E-state index is -1.54. The number of amides is 1. The number of benzene rings is 3. The van der Waals surface area contributed by atoms with Crippen LogP contribution in [0.1, 0.15) is 41.5 Å². The fourth-order valence-corrected chi connectivity index (χ4v) is 6.66. The molecule has 1 amide bonds. The molecule has 1 atom stereocenters. The van der Waals surface area contributed by atoms with Crippen molar-refractivity contribution >= 4 is 39.7 Å². The number of rotatable bonds is 10. The van der Waals surface area contributed by atoms with Gasteiger partial charge in [-0.2, -0.15) is 9.82 Å². The maximum atomic E-state index is 13.3. The molecular weight excluding hydrogens is 625 g/mol. The molecule has 0 bridgehead atoms. The number of morpholine rings is 1. The minimum absolute atomic E-state index is 0.0887. The van der Waals surface area contributed by atoms with Crippen LogP contribution in [0.2, 0.25) is 0 Å². The third kappa shape index (κ3) is 6.77. The van der Waals surface area contributed by atoms with Gasteiger partial charge >= 0.3 is 5.91 Å². The van der Waals surface area contributed by atoms with E-state index in [4.69, 9.17) is 19.6 Å². The number of ether oxygens (including phenoxy) is 2. The molecule has 48 heavy (non-hydrogen) atoms. The molecule has 3 aromatic carbocycles. The molecule has 10 nitrogen and oxygen atoms in total. The molecule has 7 rings (SSSR count). The quantitative estimate of drug-likeness (QED) is 0.196. The van der Waals surface area contributed by atoms with Crippen molar-refractivity contribution in [3.05, 3.63) is 102 Å². The second-order valence-electron chi connectivity index (χ2n) is 12.6. The number of nitrogens with zero attached hydrogens (tertiary/aromatic N) is 5. The van der Waals surface area contributed by atoms with Gasteiger partial charge in [0.05, 0.1) is 54.1 Å². The van der Waals surface area contributed by atoms with Crippen LogP contribution in [-0.2, 0) is 27.4 Å². The Morgan fingerprint density at radius 2 is 1.69 bits per heavy atom. The Morgan fingerprint density at radius 1 is 0.958 bits per heavy atom. The van der Waals surface area contributed by atoms with Crippen LogP contribution in [-0.4, -0.2) is 77.0 Å². The van der Waals surface area contributed by atoms with Crippen molar-refractivity contribution in [3.8, 4) is 16.8 Å². The molecule has 0 spiro atoms. The summed E-state index contributed by atoms with van der Waals surface area (Å²) >= 11 is -1.54. The average Bonchev–Trinajstić information content (AvgIpc) is 3.48. The molecule has 2 fully saturated rings. The van der Waals surface area contributed by atoms with Gasteiger partial charge in [-0.05, 0) is 59.0 Å². The number of carbonyl (C=O) groups is 1. The zero-order valence-electron chi connectivity index (χ0n) is 27.5. The summed E-state index contributed by atoms with van der Waals surface area (Å²) in [6.07, 6.45) is 1.59. The highest BCUT2D eigenvalue weighted by Crippen LogP contribution is 2.37. The van der Waals surface area contributed by atoms with Gasteiger partial charge in [-0.25, -0.2) is 9.67 Å². The van der Waals surface area contributed by atoms with Crippen LogP contribution in [0.5, 0.6) is 0 Å². The van der Waals surface area contributed by atoms with E-state index in [1.54, 1.807) is 6.07 Å². The molecular formula is C37H40N6O4S. The molecule has 11 heteroatoms. The number of nitrogens with one attached hydrogen (secondary N) is 1. The zero-order chi connectivity index (χ0) is 33.2. The second-order valence-corrected chi connectivity index (χ2v) is 13.7. The lowest BCUT2D eigenvalue weighted by atomic mass is 9.97. The summed E-state index contributed by atoms with van der Waals surface area (Å²) in [5, 5.41) is 6.01. The van der Waals surface area contributed by atoms with Crippen LogP contribution in [0.25, 0.3) is 27.8 Å². The average molecular weight is 665 g/mol. The Morgan fingerprint density at radius 3 is 2.40 bits per heavy atom. The summed E-state index contributed by atoms with van der Waals surface area (Å²) in [6.45, 7) is 9.55. The molecule has 1 N–H and O–H groups in total. The normalized spacial score (nSPS) is 15.9. The molecule has 2 aromatic heterocycles.